The number of furan rings is 1. The van der Waals surface area contributed by atoms with Crippen molar-refractivity contribution in [2.24, 2.45) is 40.6 Å². The molecule has 1 saturated heterocycles. The molecule has 7 nitrogen and oxygen atoms in total. The van der Waals surface area contributed by atoms with E-state index in [0.717, 1.165) is 17.0 Å². The lowest BCUT2D eigenvalue weighted by Gasteiger charge is -2.37. The van der Waals surface area contributed by atoms with Gasteiger partial charge in [-0.05, 0) is 54.4 Å². The average molecular weight is 416 g/mol. The van der Waals surface area contributed by atoms with E-state index in [4.69, 9.17) is 9.15 Å². The Bertz CT molecular complexity index is 1120. The number of benzene rings is 1. The SMILES string of the molecule is COC(=O)c1ccc(-c2ccc(/C=N\N3C(=O)[C@@H]4[C@@H]5C=C[C@H]([C@H]6C[C@@H]56)[C@@H]4C3=O)o2)cc1. The number of carbonyl (C=O) groups excluding carboxylic acids is 3. The molecule has 2 bridgehead atoms. The normalized spacial score (nSPS) is 32.5. The molecule has 3 fully saturated rings. The van der Waals surface area contributed by atoms with Crippen LogP contribution in [0, 0.1) is 35.5 Å². The minimum Gasteiger partial charge on any atom is -0.465 e. The Morgan fingerprint density at radius 3 is 2.29 bits per heavy atom. The van der Waals surface area contributed by atoms with Crippen molar-refractivity contribution in [3.63, 3.8) is 0 Å². The van der Waals surface area contributed by atoms with Crippen LogP contribution in [-0.2, 0) is 14.3 Å². The van der Waals surface area contributed by atoms with Crippen LogP contribution in [0.3, 0.4) is 0 Å². The van der Waals surface area contributed by atoms with Gasteiger partial charge in [-0.1, -0.05) is 24.3 Å². The lowest BCUT2D eigenvalue weighted by Crippen LogP contribution is -2.40. The summed E-state index contributed by atoms with van der Waals surface area (Å²) in [5.41, 5.74) is 1.24. The summed E-state index contributed by atoms with van der Waals surface area (Å²) < 4.78 is 10.5. The molecule has 0 spiro atoms. The molecule has 2 amide bonds. The number of methoxy groups -OCH3 is 1. The number of esters is 1. The van der Waals surface area contributed by atoms with Crippen LogP contribution < -0.4 is 0 Å². The number of allylic oxidation sites excluding steroid dienone is 2. The zero-order chi connectivity index (χ0) is 21.3. The molecule has 2 heterocycles. The van der Waals surface area contributed by atoms with Crippen molar-refractivity contribution in [2.75, 3.05) is 7.11 Å². The highest BCUT2D eigenvalue weighted by Gasteiger charge is 2.67. The van der Waals surface area contributed by atoms with Crippen LogP contribution in [0.1, 0.15) is 22.5 Å². The maximum atomic E-state index is 13.0. The Morgan fingerprint density at radius 2 is 1.68 bits per heavy atom. The first-order chi connectivity index (χ1) is 15.1. The Kier molecular flexibility index (Phi) is 3.84. The van der Waals surface area contributed by atoms with Crippen molar-refractivity contribution in [3.8, 4) is 11.3 Å². The molecule has 2 saturated carbocycles. The molecule has 4 aliphatic carbocycles. The summed E-state index contributed by atoms with van der Waals surface area (Å²) >= 11 is 0. The topological polar surface area (TPSA) is 89.2 Å². The number of ether oxygens (including phenoxy) is 1. The number of amides is 2. The minimum absolute atomic E-state index is 0.180. The Hall–Kier alpha value is -3.48. The second-order valence-electron chi connectivity index (χ2n) is 8.66. The Morgan fingerprint density at radius 1 is 1.03 bits per heavy atom. The van der Waals surface area contributed by atoms with Crippen LogP contribution in [0.25, 0.3) is 11.3 Å². The van der Waals surface area contributed by atoms with E-state index in [0.29, 0.717) is 28.9 Å². The van der Waals surface area contributed by atoms with E-state index in [1.807, 2.05) is 0 Å². The van der Waals surface area contributed by atoms with E-state index in [1.54, 1.807) is 36.4 Å². The molecule has 2 aromatic rings. The van der Waals surface area contributed by atoms with Gasteiger partial charge in [-0.25, -0.2) is 4.79 Å². The summed E-state index contributed by atoms with van der Waals surface area (Å²) in [7, 11) is 1.34. The standard InChI is InChI=1S/C24H20N2O5/c1-30-24(29)13-4-2-12(3-5-13)19-9-6-14(31-19)11-25-26-22(27)20-15-7-8-16(18-10-17(15)18)21(20)23(26)28/h2-9,11,15-18,20-21H,10H2,1H3/b25-11-/t15-,16-,17-,18+,20+,21-/m1/s1. The fourth-order valence-corrected chi connectivity index (χ4v) is 5.64. The quantitative estimate of drug-likeness (QED) is 0.331. The van der Waals surface area contributed by atoms with E-state index in [2.05, 4.69) is 17.3 Å². The maximum absolute atomic E-state index is 13.0. The number of carbonyl (C=O) groups is 3. The van der Waals surface area contributed by atoms with Gasteiger partial charge in [0.25, 0.3) is 11.8 Å². The van der Waals surface area contributed by atoms with Gasteiger partial charge >= 0.3 is 5.97 Å². The molecule has 7 rings (SSSR count). The van der Waals surface area contributed by atoms with Gasteiger partial charge < -0.3 is 9.15 Å². The molecule has 0 unspecified atom stereocenters. The largest absolute Gasteiger partial charge is 0.465 e. The van der Waals surface area contributed by atoms with E-state index in [-0.39, 0.29) is 35.5 Å². The van der Waals surface area contributed by atoms with Gasteiger partial charge in [0, 0.05) is 5.56 Å². The maximum Gasteiger partial charge on any atom is 0.337 e. The number of nitrogens with zero attached hydrogens (tertiary/aromatic N) is 2. The van der Waals surface area contributed by atoms with Crippen molar-refractivity contribution in [3.05, 3.63) is 59.9 Å². The van der Waals surface area contributed by atoms with Crippen LogP contribution in [-0.4, -0.2) is 36.1 Å². The second-order valence-corrected chi connectivity index (χ2v) is 8.66. The molecule has 7 heteroatoms. The van der Waals surface area contributed by atoms with Crippen molar-refractivity contribution < 1.29 is 23.5 Å². The third-order valence-corrected chi connectivity index (χ3v) is 7.16. The molecule has 1 aromatic heterocycles. The number of hydrazone groups is 1. The fourth-order valence-electron chi connectivity index (χ4n) is 5.64. The van der Waals surface area contributed by atoms with Crippen molar-refractivity contribution >= 4 is 24.0 Å². The third-order valence-electron chi connectivity index (χ3n) is 7.16. The van der Waals surface area contributed by atoms with Gasteiger partial charge in [0.05, 0.1) is 30.7 Å². The Labute approximate surface area is 178 Å². The van der Waals surface area contributed by atoms with Gasteiger partial charge in [-0.2, -0.15) is 10.1 Å². The van der Waals surface area contributed by atoms with Crippen LogP contribution in [0.2, 0.25) is 0 Å². The summed E-state index contributed by atoms with van der Waals surface area (Å²) in [5, 5.41) is 5.24. The van der Waals surface area contributed by atoms with Gasteiger partial charge in [-0.3, -0.25) is 9.59 Å². The van der Waals surface area contributed by atoms with Crippen molar-refractivity contribution in [1.82, 2.24) is 5.01 Å². The number of hydrogen-bond donors (Lipinski definition) is 0. The zero-order valence-electron chi connectivity index (χ0n) is 16.8. The first-order valence-electron chi connectivity index (χ1n) is 10.5. The molecule has 1 aliphatic heterocycles. The van der Waals surface area contributed by atoms with Crippen molar-refractivity contribution in [1.29, 1.82) is 0 Å². The first-order valence-corrected chi connectivity index (χ1v) is 10.5. The number of imide groups is 1. The molecule has 5 aliphatic rings. The third kappa shape index (κ3) is 2.65. The summed E-state index contributed by atoms with van der Waals surface area (Å²) in [6, 6.07) is 10.4. The highest BCUT2D eigenvalue weighted by Crippen LogP contribution is 2.65. The van der Waals surface area contributed by atoms with Gasteiger partial charge in [0.2, 0.25) is 0 Å². The molecule has 0 N–H and O–H groups in total. The summed E-state index contributed by atoms with van der Waals surface area (Å²) in [6.45, 7) is 0. The highest BCUT2D eigenvalue weighted by molar-refractivity contribution is 6.06. The van der Waals surface area contributed by atoms with Crippen LogP contribution in [0.5, 0.6) is 0 Å². The number of rotatable bonds is 4. The molecular weight excluding hydrogens is 396 g/mol. The van der Waals surface area contributed by atoms with E-state index in [9.17, 15) is 14.4 Å². The molecule has 31 heavy (non-hydrogen) atoms. The highest BCUT2D eigenvalue weighted by atomic mass is 16.5. The van der Waals surface area contributed by atoms with Gasteiger partial charge in [-0.15, -0.1) is 0 Å². The number of hydrogen-bond acceptors (Lipinski definition) is 6. The van der Waals surface area contributed by atoms with Gasteiger partial charge in [0.15, 0.2) is 0 Å². The van der Waals surface area contributed by atoms with E-state index in [1.165, 1.54) is 13.3 Å². The minimum atomic E-state index is -0.403. The zero-order valence-corrected chi connectivity index (χ0v) is 16.8. The predicted molar refractivity (Wildman–Crippen MR) is 110 cm³/mol. The first kappa shape index (κ1) is 18.3. The molecule has 156 valence electrons. The second kappa shape index (κ2) is 6.51. The summed E-state index contributed by atoms with van der Waals surface area (Å²) in [4.78, 5) is 37.5. The summed E-state index contributed by atoms with van der Waals surface area (Å²) in [5.74, 6) is 1.21. The summed E-state index contributed by atoms with van der Waals surface area (Å²) in [6.07, 6.45) is 6.83. The van der Waals surface area contributed by atoms with Crippen molar-refractivity contribution in [2.45, 2.75) is 6.42 Å². The van der Waals surface area contributed by atoms with E-state index < -0.39 is 5.97 Å². The van der Waals surface area contributed by atoms with Crippen LogP contribution >= 0.6 is 0 Å². The molecule has 1 aromatic carbocycles. The van der Waals surface area contributed by atoms with Gasteiger partial charge in [0.1, 0.15) is 11.5 Å². The van der Waals surface area contributed by atoms with Crippen LogP contribution in [0.4, 0.5) is 0 Å². The monoisotopic (exact) mass is 416 g/mol. The lowest BCUT2D eigenvalue weighted by atomic mass is 9.63. The lowest BCUT2D eigenvalue weighted by molar-refractivity contribution is -0.140. The Balaban J connectivity index is 1.20. The molecule has 6 atom stereocenters. The fraction of sp³-hybridized carbons (Fsp3) is 0.333. The smallest absolute Gasteiger partial charge is 0.337 e. The average Bonchev–Trinajstić information content (AvgIpc) is 3.44. The van der Waals surface area contributed by atoms with Crippen LogP contribution in [0.15, 0.2) is 58.1 Å². The predicted octanol–water partition coefficient (Wildman–Crippen LogP) is 3.12. The molecule has 0 radical (unpaired) electrons. The molecular formula is C24H20N2O5. The van der Waals surface area contributed by atoms with E-state index >= 15 is 0 Å².